The zero-order valence-corrected chi connectivity index (χ0v) is 9.09. The Bertz CT molecular complexity index is 226. The molecule has 3 aliphatic rings. The lowest BCUT2D eigenvalue weighted by Crippen LogP contribution is -2.63. The van der Waals surface area contributed by atoms with Gasteiger partial charge in [0.05, 0.1) is 18.8 Å². The predicted molar refractivity (Wildman–Crippen MR) is 54.7 cm³/mol. The van der Waals surface area contributed by atoms with E-state index in [0.29, 0.717) is 6.61 Å². The SMILES string of the molecule is C1COCC2(C1)NCCC1(CCOC1)O2. The van der Waals surface area contributed by atoms with Crippen LogP contribution in [0.4, 0.5) is 0 Å². The standard InChI is InChI=1S/C11H19NO3/c1-2-11(9-13-6-1)12-5-3-10(15-11)4-7-14-8-10/h12H,1-9H2. The average molecular weight is 213 g/mol. The smallest absolute Gasteiger partial charge is 0.143 e. The Morgan fingerprint density at radius 1 is 0.933 bits per heavy atom. The Morgan fingerprint density at radius 3 is 2.60 bits per heavy atom. The first-order chi connectivity index (χ1) is 7.33. The van der Waals surface area contributed by atoms with Crippen LogP contribution >= 0.6 is 0 Å². The van der Waals surface area contributed by atoms with Crippen LogP contribution < -0.4 is 5.32 Å². The minimum absolute atomic E-state index is 0.0219. The lowest BCUT2D eigenvalue weighted by Gasteiger charge is -2.48. The summed E-state index contributed by atoms with van der Waals surface area (Å²) < 4.78 is 17.3. The van der Waals surface area contributed by atoms with Gasteiger partial charge in [0.15, 0.2) is 0 Å². The Hall–Kier alpha value is -0.160. The fourth-order valence-electron chi connectivity index (χ4n) is 2.87. The van der Waals surface area contributed by atoms with Gasteiger partial charge in [-0.3, -0.25) is 5.32 Å². The molecule has 0 aromatic heterocycles. The van der Waals surface area contributed by atoms with E-state index in [1.165, 1.54) is 0 Å². The van der Waals surface area contributed by atoms with Gasteiger partial charge in [-0.25, -0.2) is 0 Å². The van der Waals surface area contributed by atoms with Gasteiger partial charge < -0.3 is 14.2 Å². The molecular weight excluding hydrogens is 194 g/mol. The molecule has 3 rings (SSSR count). The zero-order chi connectivity index (χ0) is 10.2. The molecule has 15 heavy (non-hydrogen) atoms. The third-order valence-electron chi connectivity index (χ3n) is 3.71. The highest BCUT2D eigenvalue weighted by atomic mass is 16.6. The summed E-state index contributed by atoms with van der Waals surface area (Å²) in [6, 6.07) is 0. The Morgan fingerprint density at radius 2 is 1.87 bits per heavy atom. The number of hydrogen-bond donors (Lipinski definition) is 1. The summed E-state index contributed by atoms with van der Waals surface area (Å²) >= 11 is 0. The highest BCUT2D eigenvalue weighted by Gasteiger charge is 2.48. The first-order valence-corrected chi connectivity index (χ1v) is 5.93. The minimum Gasteiger partial charge on any atom is -0.378 e. The second-order valence-corrected chi connectivity index (χ2v) is 4.91. The Balaban J connectivity index is 1.74. The number of rotatable bonds is 0. The van der Waals surface area contributed by atoms with Crippen molar-refractivity contribution < 1.29 is 14.2 Å². The molecule has 0 aliphatic carbocycles. The summed E-state index contributed by atoms with van der Waals surface area (Å²) in [5, 5.41) is 3.48. The molecule has 3 heterocycles. The van der Waals surface area contributed by atoms with E-state index < -0.39 is 0 Å². The van der Waals surface area contributed by atoms with E-state index >= 15 is 0 Å². The van der Waals surface area contributed by atoms with Gasteiger partial charge in [-0.05, 0) is 19.3 Å². The van der Waals surface area contributed by atoms with Crippen molar-refractivity contribution in [3.63, 3.8) is 0 Å². The second kappa shape index (κ2) is 3.70. The van der Waals surface area contributed by atoms with Crippen molar-refractivity contribution in [2.75, 3.05) is 33.0 Å². The third kappa shape index (κ3) is 1.80. The molecule has 86 valence electrons. The topological polar surface area (TPSA) is 39.7 Å². The first kappa shape index (κ1) is 10.0. The maximum Gasteiger partial charge on any atom is 0.143 e. The minimum atomic E-state index is -0.218. The summed E-state index contributed by atoms with van der Waals surface area (Å²) in [6.45, 7) is 4.19. The molecule has 2 spiro atoms. The van der Waals surface area contributed by atoms with Crippen LogP contribution in [0.3, 0.4) is 0 Å². The van der Waals surface area contributed by atoms with Gasteiger partial charge in [0.1, 0.15) is 5.72 Å². The van der Waals surface area contributed by atoms with E-state index in [-0.39, 0.29) is 11.3 Å². The van der Waals surface area contributed by atoms with E-state index in [9.17, 15) is 0 Å². The summed E-state index contributed by atoms with van der Waals surface area (Å²) in [5.41, 5.74) is -0.240. The van der Waals surface area contributed by atoms with Crippen molar-refractivity contribution in [1.29, 1.82) is 0 Å². The van der Waals surface area contributed by atoms with Gasteiger partial charge >= 0.3 is 0 Å². The fraction of sp³-hybridized carbons (Fsp3) is 1.00. The van der Waals surface area contributed by atoms with Crippen LogP contribution in [0.25, 0.3) is 0 Å². The molecule has 1 N–H and O–H groups in total. The zero-order valence-electron chi connectivity index (χ0n) is 9.09. The number of hydrogen-bond acceptors (Lipinski definition) is 4. The molecule has 0 amide bonds. The first-order valence-electron chi connectivity index (χ1n) is 5.93. The average Bonchev–Trinajstić information content (AvgIpc) is 2.67. The molecule has 3 saturated heterocycles. The normalized spacial score (nSPS) is 46.4. The highest BCUT2D eigenvalue weighted by Crippen LogP contribution is 2.37. The second-order valence-electron chi connectivity index (χ2n) is 4.91. The summed E-state index contributed by atoms with van der Waals surface area (Å²) in [6.07, 6.45) is 4.25. The highest BCUT2D eigenvalue weighted by molar-refractivity contribution is 4.96. The molecule has 0 saturated carbocycles. The van der Waals surface area contributed by atoms with Crippen molar-refractivity contribution in [3.05, 3.63) is 0 Å². The molecule has 3 aliphatic heterocycles. The molecule has 2 unspecified atom stereocenters. The van der Waals surface area contributed by atoms with Crippen LogP contribution in [0.5, 0.6) is 0 Å². The summed E-state index contributed by atoms with van der Waals surface area (Å²) in [4.78, 5) is 0. The van der Waals surface area contributed by atoms with E-state index in [1.54, 1.807) is 0 Å². The van der Waals surface area contributed by atoms with Gasteiger partial charge in [-0.15, -0.1) is 0 Å². The molecule has 0 bridgehead atoms. The number of nitrogens with one attached hydrogen (secondary N) is 1. The third-order valence-corrected chi connectivity index (χ3v) is 3.71. The van der Waals surface area contributed by atoms with Gasteiger partial charge in [-0.1, -0.05) is 0 Å². The quantitative estimate of drug-likeness (QED) is 0.642. The molecule has 2 atom stereocenters. The molecule has 3 fully saturated rings. The van der Waals surface area contributed by atoms with Crippen molar-refractivity contribution in [1.82, 2.24) is 5.32 Å². The molecule has 0 radical (unpaired) electrons. The van der Waals surface area contributed by atoms with Crippen LogP contribution in [0.2, 0.25) is 0 Å². The lowest BCUT2D eigenvalue weighted by molar-refractivity contribution is -0.236. The Kier molecular flexibility index (Phi) is 2.47. The predicted octanol–water partition coefficient (Wildman–Crippen LogP) is 0.662. The van der Waals surface area contributed by atoms with Crippen molar-refractivity contribution >= 4 is 0 Å². The Labute approximate surface area is 90.3 Å². The van der Waals surface area contributed by atoms with Crippen molar-refractivity contribution in [3.8, 4) is 0 Å². The van der Waals surface area contributed by atoms with Gasteiger partial charge in [0.25, 0.3) is 0 Å². The van der Waals surface area contributed by atoms with E-state index in [2.05, 4.69) is 5.32 Å². The lowest BCUT2D eigenvalue weighted by atomic mass is 9.93. The summed E-state index contributed by atoms with van der Waals surface area (Å²) in [7, 11) is 0. The van der Waals surface area contributed by atoms with Crippen LogP contribution in [-0.4, -0.2) is 44.3 Å². The molecular formula is C11H19NO3. The fourth-order valence-corrected chi connectivity index (χ4v) is 2.87. The van der Waals surface area contributed by atoms with Crippen LogP contribution in [0.1, 0.15) is 25.7 Å². The van der Waals surface area contributed by atoms with Crippen LogP contribution in [0.15, 0.2) is 0 Å². The maximum atomic E-state index is 6.30. The van der Waals surface area contributed by atoms with Crippen molar-refractivity contribution in [2.45, 2.75) is 37.0 Å². The van der Waals surface area contributed by atoms with E-state index in [4.69, 9.17) is 14.2 Å². The van der Waals surface area contributed by atoms with Gasteiger partial charge in [0, 0.05) is 26.2 Å². The van der Waals surface area contributed by atoms with Gasteiger partial charge in [0.2, 0.25) is 0 Å². The molecule has 4 heteroatoms. The largest absolute Gasteiger partial charge is 0.378 e. The van der Waals surface area contributed by atoms with Crippen LogP contribution in [0, 0.1) is 0 Å². The van der Waals surface area contributed by atoms with Gasteiger partial charge in [-0.2, -0.15) is 0 Å². The molecule has 0 aromatic rings. The monoisotopic (exact) mass is 213 g/mol. The van der Waals surface area contributed by atoms with E-state index in [0.717, 1.165) is 52.0 Å². The maximum absolute atomic E-state index is 6.30. The van der Waals surface area contributed by atoms with E-state index in [1.807, 2.05) is 0 Å². The van der Waals surface area contributed by atoms with Crippen LogP contribution in [-0.2, 0) is 14.2 Å². The number of ether oxygens (including phenoxy) is 3. The molecule has 0 aromatic carbocycles. The molecule has 4 nitrogen and oxygen atoms in total. The van der Waals surface area contributed by atoms with Crippen molar-refractivity contribution in [2.24, 2.45) is 0 Å². The summed E-state index contributed by atoms with van der Waals surface area (Å²) in [5.74, 6) is 0.